The van der Waals surface area contributed by atoms with E-state index in [1.807, 2.05) is 0 Å². The van der Waals surface area contributed by atoms with Gasteiger partial charge in [-0.1, -0.05) is 23.7 Å². The zero-order valence-corrected chi connectivity index (χ0v) is 10.9. The first-order chi connectivity index (χ1) is 9.40. The first-order valence-corrected chi connectivity index (χ1v) is 5.98. The van der Waals surface area contributed by atoms with Crippen LogP contribution in [0.25, 0.3) is 0 Å². The molecule has 106 valence electrons. The fourth-order valence-electron chi connectivity index (χ4n) is 1.51. The molecule has 2 N–H and O–H groups in total. The first-order valence-electron chi connectivity index (χ1n) is 5.61. The van der Waals surface area contributed by atoms with Crippen LogP contribution in [0.5, 0.6) is 11.6 Å². The molecule has 0 bridgehead atoms. The summed E-state index contributed by atoms with van der Waals surface area (Å²) in [5.74, 6) is 0.114. The second-order valence-electron chi connectivity index (χ2n) is 3.92. The normalized spacial score (nSPS) is 11.4. The molecule has 0 atom stereocenters. The van der Waals surface area contributed by atoms with Crippen molar-refractivity contribution in [2.75, 3.05) is 0 Å². The summed E-state index contributed by atoms with van der Waals surface area (Å²) in [6.07, 6.45) is -4.54. The third-order valence-corrected chi connectivity index (χ3v) is 2.70. The highest BCUT2D eigenvalue weighted by Gasteiger charge is 2.33. The molecule has 1 heterocycles. The van der Waals surface area contributed by atoms with Crippen LogP contribution >= 0.6 is 11.6 Å². The molecule has 1 aromatic heterocycles. The summed E-state index contributed by atoms with van der Waals surface area (Å²) in [7, 11) is 0. The van der Waals surface area contributed by atoms with Crippen molar-refractivity contribution in [3.63, 3.8) is 0 Å². The van der Waals surface area contributed by atoms with Gasteiger partial charge in [0.05, 0.1) is 0 Å². The molecule has 0 aliphatic rings. The smallest absolute Gasteiger partial charge is 0.433 e. The van der Waals surface area contributed by atoms with E-state index in [4.69, 9.17) is 22.1 Å². The van der Waals surface area contributed by atoms with Crippen molar-refractivity contribution in [3.8, 4) is 11.6 Å². The molecule has 7 heteroatoms. The molecule has 20 heavy (non-hydrogen) atoms. The molecule has 0 aliphatic heterocycles. The van der Waals surface area contributed by atoms with Gasteiger partial charge in [0.25, 0.3) is 0 Å². The SMILES string of the molecule is NCc1ccc(C(F)(F)F)nc1Oc1cccc(Cl)c1. The maximum absolute atomic E-state index is 12.6. The molecule has 1 aromatic carbocycles. The number of aromatic nitrogens is 1. The van der Waals surface area contributed by atoms with Gasteiger partial charge in [-0.3, -0.25) is 0 Å². The van der Waals surface area contributed by atoms with Crippen LogP contribution in [0.4, 0.5) is 13.2 Å². The van der Waals surface area contributed by atoms with E-state index in [-0.39, 0.29) is 12.4 Å². The van der Waals surface area contributed by atoms with Gasteiger partial charge in [0.1, 0.15) is 11.4 Å². The summed E-state index contributed by atoms with van der Waals surface area (Å²) < 4.78 is 43.2. The van der Waals surface area contributed by atoms with Crippen molar-refractivity contribution in [1.29, 1.82) is 0 Å². The van der Waals surface area contributed by atoms with Gasteiger partial charge in [-0.25, -0.2) is 4.98 Å². The first kappa shape index (κ1) is 14.6. The number of halogens is 4. The van der Waals surface area contributed by atoms with Crippen molar-refractivity contribution in [2.45, 2.75) is 12.7 Å². The van der Waals surface area contributed by atoms with Crippen LogP contribution in [-0.2, 0) is 12.7 Å². The van der Waals surface area contributed by atoms with Gasteiger partial charge in [0.2, 0.25) is 5.88 Å². The number of benzene rings is 1. The minimum Gasteiger partial charge on any atom is -0.439 e. The molecule has 0 saturated heterocycles. The third kappa shape index (κ3) is 3.40. The molecule has 2 rings (SSSR count). The number of rotatable bonds is 3. The quantitative estimate of drug-likeness (QED) is 0.932. The minimum absolute atomic E-state index is 0.0149. The van der Waals surface area contributed by atoms with Gasteiger partial charge < -0.3 is 10.5 Å². The number of pyridine rings is 1. The lowest BCUT2D eigenvalue weighted by Crippen LogP contribution is -2.10. The molecule has 0 fully saturated rings. The largest absolute Gasteiger partial charge is 0.439 e. The van der Waals surface area contributed by atoms with Gasteiger partial charge in [-0.15, -0.1) is 0 Å². The average molecular weight is 303 g/mol. The van der Waals surface area contributed by atoms with Crippen LogP contribution in [0.15, 0.2) is 36.4 Å². The standard InChI is InChI=1S/C13H10ClF3N2O/c14-9-2-1-3-10(6-9)20-12-8(7-18)4-5-11(19-12)13(15,16)17/h1-6H,7,18H2. The highest BCUT2D eigenvalue weighted by Crippen LogP contribution is 2.32. The Morgan fingerprint density at radius 3 is 2.55 bits per heavy atom. The van der Waals surface area contributed by atoms with E-state index in [1.165, 1.54) is 12.1 Å². The van der Waals surface area contributed by atoms with E-state index in [2.05, 4.69) is 4.98 Å². The van der Waals surface area contributed by atoms with Crippen LogP contribution in [-0.4, -0.2) is 4.98 Å². The summed E-state index contributed by atoms with van der Waals surface area (Å²) in [5.41, 5.74) is 4.80. The average Bonchev–Trinajstić information content (AvgIpc) is 2.37. The molecule has 2 aromatic rings. The third-order valence-electron chi connectivity index (χ3n) is 2.46. The maximum atomic E-state index is 12.6. The Kier molecular flexibility index (Phi) is 4.15. The number of nitrogens with zero attached hydrogens (tertiary/aromatic N) is 1. The second-order valence-corrected chi connectivity index (χ2v) is 4.36. The molecule has 0 unspecified atom stereocenters. The predicted molar refractivity (Wildman–Crippen MR) is 68.7 cm³/mol. The molecular weight excluding hydrogens is 293 g/mol. The van der Waals surface area contributed by atoms with Crippen molar-refractivity contribution in [3.05, 3.63) is 52.7 Å². The Balaban J connectivity index is 2.38. The predicted octanol–water partition coefficient (Wildman–Crippen LogP) is 4.00. The van der Waals surface area contributed by atoms with E-state index < -0.39 is 11.9 Å². The highest BCUT2D eigenvalue weighted by atomic mass is 35.5. The zero-order chi connectivity index (χ0) is 14.8. The number of nitrogens with two attached hydrogens (primary N) is 1. The maximum Gasteiger partial charge on any atom is 0.433 e. The molecular formula is C13H10ClF3N2O. The van der Waals surface area contributed by atoms with E-state index in [9.17, 15) is 13.2 Å². The van der Waals surface area contributed by atoms with Gasteiger partial charge >= 0.3 is 6.18 Å². The van der Waals surface area contributed by atoms with E-state index in [1.54, 1.807) is 18.2 Å². The molecule has 0 amide bonds. The Morgan fingerprint density at radius 2 is 1.95 bits per heavy atom. The van der Waals surface area contributed by atoms with E-state index in [0.717, 1.165) is 6.07 Å². The molecule has 0 saturated carbocycles. The summed E-state index contributed by atoms with van der Waals surface area (Å²) in [6, 6.07) is 8.39. The van der Waals surface area contributed by atoms with Crippen molar-refractivity contribution in [2.24, 2.45) is 5.73 Å². The highest BCUT2D eigenvalue weighted by molar-refractivity contribution is 6.30. The Morgan fingerprint density at radius 1 is 1.20 bits per heavy atom. The Bertz CT molecular complexity index is 617. The van der Waals surface area contributed by atoms with Gasteiger partial charge in [0.15, 0.2) is 0 Å². The number of ether oxygens (including phenoxy) is 1. The Labute approximate surface area is 118 Å². The van der Waals surface area contributed by atoms with Crippen LogP contribution < -0.4 is 10.5 Å². The van der Waals surface area contributed by atoms with Crippen molar-refractivity contribution < 1.29 is 17.9 Å². The zero-order valence-electron chi connectivity index (χ0n) is 10.1. The summed E-state index contributed by atoms with van der Waals surface area (Å²) >= 11 is 5.78. The summed E-state index contributed by atoms with van der Waals surface area (Å²) in [6.45, 7) is 0.0149. The van der Waals surface area contributed by atoms with Crippen molar-refractivity contribution >= 4 is 11.6 Å². The van der Waals surface area contributed by atoms with Gasteiger partial charge in [0, 0.05) is 17.1 Å². The van der Waals surface area contributed by atoms with Crippen molar-refractivity contribution in [1.82, 2.24) is 4.98 Å². The monoisotopic (exact) mass is 302 g/mol. The lowest BCUT2D eigenvalue weighted by atomic mass is 10.2. The Hall–Kier alpha value is -1.79. The lowest BCUT2D eigenvalue weighted by Gasteiger charge is -2.12. The topological polar surface area (TPSA) is 48.1 Å². The van der Waals surface area contributed by atoms with Crippen LogP contribution in [0.3, 0.4) is 0 Å². The summed E-state index contributed by atoms with van der Waals surface area (Å²) in [5, 5.41) is 0.406. The summed E-state index contributed by atoms with van der Waals surface area (Å²) in [4.78, 5) is 3.47. The van der Waals surface area contributed by atoms with E-state index in [0.29, 0.717) is 16.3 Å². The fraction of sp³-hybridized carbons (Fsp3) is 0.154. The lowest BCUT2D eigenvalue weighted by molar-refractivity contribution is -0.141. The van der Waals surface area contributed by atoms with Crippen LogP contribution in [0, 0.1) is 0 Å². The fourth-order valence-corrected chi connectivity index (χ4v) is 1.69. The molecule has 0 spiro atoms. The number of hydrogen-bond donors (Lipinski definition) is 1. The second kappa shape index (κ2) is 5.68. The van der Waals surface area contributed by atoms with Crippen LogP contribution in [0.2, 0.25) is 5.02 Å². The minimum atomic E-state index is -4.54. The molecule has 0 aliphatic carbocycles. The van der Waals surface area contributed by atoms with Gasteiger partial charge in [-0.05, 0) is 24.3 Å². The van der Waals surface area contributed by atoms with Crippen LogP contribution in [0.1, 0.15) is 11.3 Å². The number of alkyl halides is 3. The number of hydrogen-bond acceptors (Lipinski definition) is 3. The van der Waals surface area contributed by atoms with E-state index >= 15 is 0 Å². The van der Waals surface area contributed by atoms with Gasteiger partial charge in [-0.2, -0.15) is 13.2 Å². The molecule has 0 radical (unpaired) electrons. The molecule has 3 nitrogen and oxygen atoms in total.